The van der Waals surface area contributed by atoms with E-state index >= 15 is 0 Å². The highest BCUT2D eigenvalue weighted by Crippen LogP contribution is 2.17. The Hall–Kier alpha value is -1.19. The molecule has 0 aliphatic rings. The summed E-state index contributed by atoms with van der Waals surface area (Å²) in [7, 11) is 0. The number of halogens is 1. The fourth-order valence-corrected chi connectivity index (χ4v) is 3.10. The second-order valence-electron chi connectivity index (χ2n) is 5.07. The highest BCUT2D eigenvalue weighted by Gasteiger charge is 2.06. The summed E-state index contributed by atoms with van der Waals surface area (Å²) < 4.78 is 13.2. The van der Waals surface area contributed by atoms with E-state index in [-0.39, 0.29) is 5.82 Å². The maximum atomic E-state index is 13.2. The fourth-order valence-electron chi connectivity index (χ4n) is 2.08. The Bertz CT molecular complexity index is 547. The van der Waals surface area contributed by atoms with Gasteiger partial charge in [-0.2, -0.15) is 0 Å². The Balaban J connectivity index is 1.89. The summed E-state index contributed by atoms with van der Waals surface area (Å²) in [6.45, 7) is 7.03. The summed E-state index contributed by atoms with van der Waals surface area (Å²) in [6.07, 6.45) is 1.02. The minimum absolute atomic E-state index is 0.163. The van der Waals surface area contributed by atoms with E-state index in [1.54, 1.807) is 6.07 Å². The van der Waals surface area contributed by atoms with Crippen molar-refractivity contribution < 1.29 is 4.39 Å². The Morgan fingerprint density at radius 2 is 2.00 bits per heavy atom. The van der Waals surface area contributed by atoms with E-state index in [1.165, 1.54) is 15.8 Å². The van der Waals surface area contributed by atoms with Gasteiger partial charge in [-0.15, -0.1) is 11.3 Å². The van der Waals surface area contributed by atoms with Crippen LogP contribution in [0.15, 0.2) is 30.3 Å². The second kappa shape index (κ2) is 6.31. The molecule has 1 aromatic carbocycles. The Morgan fingerprint density at radius 3 is 2.68 bits per heavy atom. The van der Waals surface area contributed by atoms with Gasteiger partial charge in [0.2, 0.25) is 0 Å². The number of rotatable bonds is 5. The molecule has 2 aromatic rings. The lowest BCUT2D eigenvalue weighted by molar-refractivity contribution is 0.544. The zero-order valence-corrected chi connectivity index (χ0v) is 12.5. The van der Waals surface area contributed by atoms with Gasteiger partial charge in [-0.25, -0.2) is 4.39 Å². The molecule has 1 unspecified atom stereocenters. The van der Waals surface area contributed by atoms with Crippen molar-refractivity contribution in [2.75, 3.05) is 0 Å². The lowest BCUT2D eigenvalue weighted by Crippen LogP contribution is -2.27. The molecular formula is C16H20FNS. The second-order valence-corrected chi connectivity index (χ2v) is 6.44. The van der Waals surface area contributed by atoms with Gasteiger partial charge in [0.25, 0.3) is 0 Å². The van der Waals surface area contributed by atoms with E-state index in [2.05, 4.69) is 31.3 Å². The molecule has 1 heterocycles. The molecule has 102 valence electrons. The molecule has 0 bridgehead atoms. The number of aryl methyl sites for hydroxylation is 2. The molecule has 3 heteroatoms. The molecule has 1 atom stereocenters. The third-order valence-electron chi connectivity index (χ3n) is 3.26. The number of nitrogens with one attached hydrogen (secondary N) is 1. The first kappa shape index (κ1) is 14.2. The van der Waals surface area contributed by atoms with Crippen LogP contribution in [-0.2, 0) is 13.0 Å². The molecule has 0 aliphatic heterocycles. The largest absolute Gasteiger partial charge is 0.310 e. The number of benzene rings is 1. The summed E-state index contributed by atoms with van der Waals surface area (Å²) in [4.78, 5) is 2.75. The van der Waals surface area contributed by atoms with Crippen LogP contribution in [-0.4, -0.2) is 6.04 Å². The predicted octanol–water partition coefficient (Wildman–Crippen LogP) is 4.22. The van der Waals surface area contributed by atoms with Gasteiger partial charge >= 0.3 is 0 Å². The molecule has 1 aromatic heterocycles. The minimum Gasteiger partial charge on any atom is -0.310 e. The SMILES string of the molecule is Cc1ccc(CC(C)NCc2cc(F)ccc2C)s1. The first-order valence-corrected chi connectivity index (χ1v) is 7.40. The molecule has 2 rings (SSSR count). The normalized spacial score (nSPS) is 12.6. The van der Waals surface area contributed by atoms with Crippen molar-refractivity contribution >= 4 is 11.3 Å². The van der Waals surface area contributed by atoms with Gasteiger partial charge in [-0.1, -0.05) is 6.07 Å². The summed E-state index contributed by atoms with van der Waals surface area (Å²) in [5.74, 6) is -0.163. The van der Waals surface area contributed by atoms with E-state index in [0.29, 0.717) is 6.04 Å². The monoisotopic (exact) mass is 277 g/mol. The van der Waals surface area contributed by atoms with Gasteiger partial charge < -0.3 is 5.32 Å². The van der Waals surface area contributed by atoms with E-state index in [9.17, 15) is 4.39 Å². The lowest BCUT2D eigenvalue weighted by atomic mass is 10.1. The highest BCUT2D eigenvalue weighted by molar-refractivity contribution is 7.11. The maximum Gasteiger partial charge on any atom is 0.123 e. The van der Waals surface area contributed by atoms with Crippen molar-refractivity contribution in [1.82, 2.24) is 5.32 Å². The predicted molar refractivity (Wildman–Crippen MR) is 80.2 cm³/mol. The topological polar surface area (TPSA) is 12.0 Å². The van der Waals surface area contributed by atoms with E-state index < -0.39 is 0 Å². The molecular weight excluding hydrogens is 257 g/mol. The summed E-state index contributed by atoms with van der Waals surface area (Å²) in [5.41, 5.74) is 2.17. The molecule has 0 spiro atoms. The molecule has 0 fully saturated rings. The third kappa shape index (κ3) is 4.15. The molecule has 0 saturated carbocycles. The minimum atomic E-state index is -0.163. The maximum absolute atomic E-state index is 13.2. The first-order valence-electron chi connectivity index (χ1n) is 6.58. The highest BCUT2D eigenvalue weighted by atomic mass is 32.1. The number of hydrogen-bond donors (Lipinski definition) is 1. The van der Waals surface area contributed by atoms with Crippen molar-refractivity contribution in [2.24, 2.45) is 0 Å². The average molecular weight is 277 g/mol. The molecule has 0 saturated heterocycles. The van der Waals surface area contributed by atoms with Crippen LogP contribution in [0.5, 0.6) is 0 Å². The zero-order chi connectivity index (χ0) is 13.8. The fraction of sp³-hybridized carbons (Fsp3) is 0.375. The zero-order valence-electron chi connectivity index (χ0n) is 11.7. The smallest absolute Gasteiger partial charge is 0.123 e. The van der Waals surface area contributed by atoms with Crippen molar-refractivity contribution in [3.63, 3.8) is 0 Å². The van der Waals surface area contributed by atoms with E-state index in [4.69, 9.17) is 0 Å². The van der Waals surface area contributed by atoms with Gasteiger partial charge in [-0.05, 0) is 62.6 Å². The van der Waals surface area contributed by atoms with Crippen LogP contribution >= 0.6 is 11.3 Å². The van der Waals surface area contributed by atoms with Crippen LogP contribution in [0.3, 0.4) is 0 Å². The molecule has 0 aliphatic carbocycles. The van der Waals surface area contributed by atoms with Gasteiger partial charge in [0.05, 0.1) is 0 Å². The molecule has 0 amide bonds. The Morgan fingerprint density at radius 1 is 1.21 bits per heavy atom. The van der Waals surface area contributed by atoms with Crippen LogP contribution in [0.25, 0.3) is 0 Å². The molecule has 1 nitrogen and oxygen atoms in total. The van der Waals surface area contributed by atoms with Crippen LogP contribution in [0, 0.1) is 19.7 Å². The van der Waals surface area contributed by atoms with Crippen molar-refractivity contribution in [1.29, 1.82) is 0 Å². The van der Waals surface area contributed by atoms with Gasteiger partial charge in [0.15, 0.2) is 0 Å². The van der Waals surface area contributed by atoms with Crippen LogP contribution in [0.2, 0.25) is 0 Å². The summed E-state index contributed by atoms with van der Waals surface area (Å²) >= 11 is 1.84. The van der Waals surface area contributed by atoms with Crippen LogP contribution in [0.4, 0.5) is 4.39 Å². The molecule has 1 N–H and O–H groups in total. The van der Waals surface area contributed by atoms with Crippen LogP contribution in [0.1, 0.15) is 27.8 Å². The summed E-state index contributed by atoms with van der Waals surface area (Å²) in [6, 6.07) is 9.69. The van der Waals surface area contributed by atoms with Crippen LogP contribution < -0.4 is 5.32 Å². The average Bonchev–Trinajstić information content (AvgIpc) is 2.76. The Kier molecular flexibility index (Phi) is 4.72. The van der Waals surface area contributed by atoms with Gasteiger partial charge in [-0.3, -0.25) is 0 Å². The first-order chi connectivity index (χ1) is 9.04. The quantitative estimate of drug-likeness (QED) is 0.862. The van der Waals surface area contributed by atoms with Gasteiger partial charge in [0, 0.05) is 22.3 Å². The number of thiophene rings is 1. The Labute approximate surface area is 118 Å². The van der Waals surface area contributed by atoms with Crippen molar-refractivity contribution in [2.45, 2.75) is 39.8 Å². The van der Waals surface area contributed by atoms with Crippen molar-refractivity contribution in [3.8, 4) is 0 Å². The summed E-state index contributed by atoms with van der Waals surface area (Å²) in [5, 5.41) is 3.46. The van der Waals surface area contributed by atoms with E-state index in [0.717, 1.165) is 24.1 Å². The van der Waals surface area contributed by atoms with E-state index in [1.807, 2.05) is 24.3 Å². The molecule has 19 heavy (non-hydrogen) atoms. The van der Waals surface area contributed by atoms with Gasteiger partial charge in [0.1, 0.15) is 5.82 Å². The third-order valence-corrected chi connectivity index (χ3v) is 4.28. The standard InChI is InChI=1S/C16H20FNS/c1-11-4-6-15(17)9-14(11)10-18-12(2)8-16-7-5-13(3)19-16/h4-7,9,12,18H,8,10H2,1-3H3. The number of hydrogen-bond acceptors (Lipinski definition) is 2. The lowest BCUT2D eigenvalue weighted by Gasteiger charge is -2.14. The molecule has 0 radical (unpaired) electrons. The van der Waals surface area contributed by atoms with Crippen molar-refractivity contribution in [3.05, 3.63) is 57.0 Å².